The molecule has 1 saturated heterocycles. The van der Waals surface area contributed by atoms with Crippen molar-refractivity contribution in [3.8, 4) is 5.75 Å². The van der Waals surface area contributed by atoms with Crippen molar-refractivity contribution < 1.29 is 24.2 Å². The number of methoxy groups -OCH3 is 1. The lowest BCUT2D eigenvalue weighted by Gasteiger charge is -2.25. The molecule has 0 saturated carbocycles. The maximum absolute atomic E-state index is 13.2. The Morgan fingerprint density at radius 2 is 1.75 bits per heavy atom. The van der Waals surface area contributed by atoms with Gasteiger partial charge in [0.2, 0.25) is 0 Å². The van der Waals surface area contributed by atoms with Gasteiger partial charge in [-0.25, -0.2) is 0 Å². The molecule has 1 fully saturated rings. The summed E-state index contributed by atoms with van der Waals surface area (Å²) < 4.78 is 11.9. The SMILES string of the molecule is COCCCN1C(=O)C(=O)C(=C(O)c2ccc(OCc3ccccc3)cc2C)[C@@H]1c1ccc(Br)cc1. The van der Waals surface area contributed by atoms with Crippen LogP contribution >= 0.6 is 15.9 Å². The minimum atomic E-state index is -0.693. The number of nitrogens with zero attached hydrogens (tertiary/aromatic N) is 1. The molecular formula is C29H28BrNO5. The minimum Gasteiger partial charge on any atom is -0.507 e. The number of ketones is 1. The molecule has 1 N–H and O–H groups in total. The van der Waals surface area contributed by atoms with E-state index < -0.39 is 17.7 Å². The molecule has 0 unspecified atom stereocenters. The fourth-order valence-electron chi connectivity index (χ4n) is 4.36. The number of hydrogen-bond acceptors (Lipinski definition) is 5. The van der Waals surface area contributed by atoms with E-state index >= 15 is 0 Å². The molecule has 0 radical (unpaired) electrons. The molecule has 3 aromatic carbocycles. The lowest BCUT2D eigenvalue weighted by atomic mass is 9.94. The van der Waals surface area contributed by atoms with Crippen molar-refractivity contribution in [3.05, 3.63) is 105 Å². The topological polar surface area (TPSA) is 76.1 Å². The van der Waals surface area contributed by atoms with E-state index in [9.17, 15) is 14.7 Å². The largest absolute Gasteiger partial charge is 0.507 e. The summed E-state index contributed by atoms with van der Waals surface area (Å²) in [5, 5.41) is 11.4. The van der Waals surface area contributed by atoms with Crippen molar-refractivity contribution in [2.45, 2.75) is 26.0 Å². The predicted octanol–water partition coefficient (Wildman–Crippen LogP) is 5.79. The Morgan fingerprint density at radius 3 is 2.42 bits per heavy atom. The monoisotopic (exact) mass is 549 g/mol. The molecule has 1 amide bonds. The Bertz CT molecular complexity index is 1270. The van der Waals surface area contributed by atoms with Crippen molar-refractivity contribution in [2.24, 2.45) is 0 Å². The minimum absolute atomic E-state index is 0.0841. The number of aryl methyl sites for hydroxylation is 1. The van der Waals surface area contributed by atoms with Gasteiger partial charge in [0.25, 0.3) is 11.7 Å². The third kappa shape index (κ3) is 5.53. The molecule has 0 bridgehead atoms. The summed E-state index contributed by atoms with van der Waals surface area (Å²) in [5.74, 6) is -0.859. The van der Waals surface area contributed by atoms with E-state index in [0.717, 1.165) is 21.2 Å². The summed E-state index contributed by atoms with van der Waals surface area (Å²) in [4.78, 5) is 27.7. The van der Waals surface area contributed by atoms with Crippen LogP contribution in [-0.4, -0.2) is 42.0 Å². The lowest BCUT2D eigenvalue weighted by molar-refractivity contribution is -0.140. The summed E-state index contributed by atoms with van der Waals surface area (Å²) in [6.07, 6.45) is 0.572. The third-order valence-electron chi connectivity index (χ3n) is 6.17. The zero-order valence-electron chi connectivity index (χ0n) is 20.2. The molecule has 0 spiro atoms. The lowest BCUT2D eigenvalue weighted by Crippen LogP contribution is -2.31. The fraction of sp³-hybridized carbons (Fsp3) is 0.241. The van der Waals surface area contributed by atoms with Gasteiger partial charge in [-0.05, 0) is 60.4 Å². The number of amides is 1. The Morgan fingerprint density at radius 1 is 1.03 bits per heavy atom. The van der Waals surface area contributed by atoms with Gasteiger partial charge in [0.05, 0.1) is 11.6 Å². The maximum Gasteiger partial charge on any atom is 0.295 e. The maximum atomic E-state index is 13.2. The Kier molecular flexibility index (Phi) is 8.23. The second kappa shape index (κ2) is 11.5. The first-order valence-electron chi connectivity index (χ1n) is 11.7. The number of ether oxygens (including phenoxy) is 2. The molecule has 36 heavy (non-hydrogen) atoms. The van der Waals surface area contributed by atoms with Crippen LogP contribution in [0.15, 0.2) is 82.8 Å². The van der Waals surface area contributed by atoms with Crippen LogP contribution in [0.2, 0.25) is 0 Å². The van der Waals surface area contributed by atoms with Crippen LogP contribution in [0.1, 0.15) is 34.7 Å². The zero-order valence-corrected chi connectivity index (χ0v) is 21.8. The molecule has 1 atom stereocenters. The average Bonchev–Trinajstić information content (AvgIpc) is 3.13. The van der Waals surface area contributed by atoms with E-state index in [2.05, 4.69) is 15.9 Å². The third-order valence-corrected chi connectivity index (χ3v) is 6.70. The first kappa shape index (κ1) is 25.7. The molecular weight excluding hydrogens is 522 g/mol. The van der Waals surface area contributed by atoms with Gasteiger partial charge in [-0.2, -0.15) is 0 Å². The number of hydrogen-bond donors (Lipinski definition) is 1. The highest BCUT2D eigenvalue weighted by Gasteiger charge is 2.45. The van der Waals surface area contributed by atoms with E-state index in [-0.39, 0.29) is 11.3 Å². The smallest absolute Gasteiger partial charge is 0.295 e. The quantitative estimate of drug-likeness (QED) is 0.158. The normalized spacial score (nSPS) is 17.0. The summed E-state index contributed by atoms with van der Waals surface area (Å²) in [5.41, 5.74) is 3.10. The number of rotatable bonds is 9. The molecule has 4 rings (SSSR count). The number of halogens is 1. The zero-order chi connectivity index (χ0) is 25.7. The molecule has 0 aromatic heterocycles. The van der Waals surface area contributed by atoms with Crippen LogP contribution in [0, 0.1) is 6.92 Å². The Balaban J connectivity index is 1.68. The van der Waals surface area contributed by atoms with Crippen LogP contribution in [0.5, 0.6) is 5.75 Å². The number of carbonyl (C=O) groups is 2. The number of benzene rings is 3. The van der Waals surface area contributed by atoms with Gasteiger partial charge in [-0.15, -0.1) is 0 Å². The number of aliphatic hydroxyl groups is 1. The van der Waals surface area contributed by atoms with Crippen molar-refractivity contribution in [1.29, 1.82) is 0 Å². The van der Waals surface area contributed by atoms with E-state index in [1.165, 1.54) is 4.90 Å². The molecule has 186 valence electrons. The second-order valence-corrected chi connectivity index (χ2v) is 9.56. The summed E-state index contributed by atoms with van der Waals surface area (Å²) in [6, 6.07) is 21.9. The van der Waals surface area contributed by atoms with Gasteiger partial charge in [0.1, 0.15) is 18.1 Å². The first-order valence-corrected chi connectivity index (χ1v) is 12.5. The number of likely N-dealkylation sites (tertiary alicyclic amines) is 1. The van der Waals surface area contributed by atoms with Crippen LogP contribution < -0.4 is 4.74 Å². The highest BCUT2D eigenvalue weighted by molar-refractivity contribution is 9.10. The average molecular weight is 550 g/mol. The van der Waals surface area contributed by atoms with E-state index in [0.29, 0.717) is 37.5 Å². The van der Waals surface area contributed by atoms with Crippen molar-refractivity contribution in [3.63, 3.8) is 0 Å². The van der Waals surface area contributed by atoms with Crippen LogP contribution in [0.4, 0.5) is 0 Å². The predicted molar refractivity (Wildman–Crippen MR) is 142 cm³/mol. The summed E-state index contributed by atoms with van der Waals surface area (Å²) in [6.45, 7) is 3.05. The Labute approximate surface area is 219 Å². The van der Waals surface area contributed by atoms with Crippen molar-refractivity contribution in [1.82, 2.24) is 4.90 Å². The van der Waals surface area contributed by atoms with Gasteiger partial charge in [0, 0.05) is 30.3 Å². The summed E-state index contributed by atoms with van der Waals surface area (Å²) >= 11 is 3.43. The fourth-order valence-corrected chi connectivity index (χ4v) is 4.62. The van der Waals surface area contributed by atoms with Gasteiger partial charge in [-0.3, -0.25) is 9.59 Å². The molecule has 1 heterocycles. The van der Waals surface area contributed by atoms with Gasteiger partial charge < -0.3 is 19.5 Å². The van der Waals surface area contributed by atoms with Crippen LogP contribution in [-0.2, 0) is 20.9 Å². The van der Waals surface area contributed by atoms with Crippen LogP contribution in [0.25, 0.3) is 5.76 Å². The van der Waals surface area contributed by atoms with Crippen LogP contribution in [0.3, 0.4) is 0 Å². The molecule has 1 aliphatic rings. The van der Waals surface area contributed by atoms with Crippen molar-refractivity contribution in [2.75, 3.05) is 20.3 Å². The number of carbonyl (C=O) groups excluding carboxylic acids is 2. The standard InChI is InChI=1S/C29H28BrNO5/c1-19-17-23(36-18-20-7-4-3-5-8-20)13-14-24(19)27(32)25-26(21-9-11-22(30)12-10-21)31(15-6-16-35-2)29(34)28(25)33/h3-5,7-14,17,26,32H,6,15-16,18H2,1-2H3/t26-/m0/s1. The Hall–Kier alpha value is -3.42. The van der Waals surface area contributed by atoms with E-state index in [1.54, 1.807) is 19.2 Å². The van der Waals surface area contributed by atoms with Gasteiger partial charge in [-0.1, -0.05) is 58.4 Å². The highest BCUT2D eigenvalue weighted by Crippen LogP contribution is 2.40. The van der Waals surface area contributed by atoms with Crippen molar-refractivity contribution >= 4 is 33.4 Å². The molecule has 1 aliphatic heterocycles. The molecule has 6 nitrogen and oxygen atoms in total. The molecule has 7 heteroatoms. The van der Waals surface area contributed by atoms with Gasteiger partial charge >= 0.3 is 0 Å². The van der Waals surface area contributed by atoms with Gasteiger partial charge in [0.15, 0.2) is 0 Å². The second-order valence-electron chi connectivity index (χ2n) is 8.64. The summed E-state index contributed by atoms with van der Waals surface area (Å²) in [7, 11) is 1.59. The first-order chi connectivity index (χ1) is 17.4. The number of aliphatic hydroxyl groups excluding tert-OH is 1. The molecule has 3 aromatic rings. The van der Waals surface area contributed by atoms with E-state index in [4.69, 9.17) is 9.47 Å². The number of Topliss-reactive ketones (excluding diaryl/α,β-unsaturated/α-hetero) is 1. The molecule has 0 aliphatic carbocycles. The highest BCUT2D eigenvalue weighted by atomic mass is 79.9. The van der Waals surface area contributed by atoms with E-state index in [1.807, 2.05) is 67.6 Å².